The number of piperidine rings is 1. The number of amides is 1. The fourth-order valence-electron chi connectivity index (χ4n) is 6.04. The number of hydrogen-bond donors (Lipinski definition) is 4. The van der Waals surface area contributed by atoms with Crippen molar-refractivity contribution in [3.8, 4) is 11.1 Å². The minimum Gasteiger partial charge on any atom is -0.384 e. The van der Waals surface area contributed by atoms with Gasteiger partial charge in [0.2, 0.25) is 11.8 Å². The zero-order chi connectivity index (χ0) is 27.5. The van der Waals surface area contributed by atoms with Crippen LogP contribution in [0.1, 0.15) is 73.0 Å². The molecule has 2 aliphatic rings. The Balaban J connectivity index is 1.37. The topological polar surface area (TPSA) is 194 Å². The van der Waals surface area contributed by atoms with Crippen LogP contribution in [0.4, 0.5) is 11.8 Å². The number of fused-ring (bicyclic) bond motifs is 3. The normalized spacial score (nSPS) is 21.0. The van der Waals surface area contributed by atoms with Crippen LogP contribution >= 0.6 is 0 Å². The first kappa shape index (κ1) is 24.9. The van der Waals surface area contributed by atoms with Crippen LogP contribution < -0.4 is 11.5 Å². The number of aromatic nitrogens is 7. The van der Waals surface area contributed by atoms with E-state index in [2.05, 4.69) is 25.3 Å². The van der Waals surface area contributed by atoms with Gasteiger partial charge in [0.1, 0.15) is 17.7 Å². The molecule has 39 heavy (non-hydrogen) atoms. The average Bonchev–Trinajstić information content (AvgIpc) is 3.60. The van der Waals surface area contributed by atoms with Crippen molar-refractivity contribution >= 4 is 29.6 Å². The molecule has 4 aromatic heterocycles. The van der Waals surface area contributed by atoms with Crippen LogP contribution in [0.5, 0.6) is 0 Å². The third kappa shape index (κ3) is 4.18. The lowest BCUT2D eigenvalue weighted by Gasteiger charge is -2.38. The van der Waals surface area contributed by atoms with Crippen molar-refractivity contribution in [1.29, 1.82) is 0 Å². The Kier molecular flexibility index (Phi) is 5.83. The Labute approximate surface area is 223 Å². The molecule has 0 radical (unpaired) electrons. The second-order valence-electron chi connectivity index (χ2n) is 10.8. The van der Waals surface area contributed by atoms with Crippen LogP contribution in [0.15, 0.2) is 24.5 Å². The van der Waals surface area contributed by atoms with Crippen molar-refractivity contribution in [2.45, 2.75) is 69.6 Å². The predicted octanol–water partition coefficient (Wildman–Crippen LogP) is 1.59. The van der Waals surface area contributed by atoms with E-state index in [1.165, 1.54) is 0 Å². The zero-order valence-electron chi connectivity index (χ0n) is 21.7. The first-order valence-corrected chi connectivity index (χ1v) is 12.9. The fraction of sp³-hybridized carbons (Fsp3) is 0.423. The standard InChI is InChI=1S/C26H30N10O3/c1-26(2,39)19-6-3-13(11-29-19)18-12-30-36-21(27)17(7-8-37)20(31-23(18)36)14-9-15-4-5-16(10-14)35(15)24(38)22-32-25(28)34-33-22/h3,6,8,11-12,14-16,39H,4-5,7,9-10,27H2,1-2H3,(H3,28,32,33,34)/t14?,15-,16+. The summed E-state index contributed by atoms with van der Waals surface area (Å²) in [6.45, 7) is 3.36. The molecule has 202 valence electrons. The van der Waals surface area contributed by atoms with Crippen LogP contribution in [-0.2, 0) is 16.8 Å². The molecule has 0 aromatic carbocycles. The number of nitrogen functional groups attached to an aromatic ring is 2. The molecule has 2 saturated heterocycles. The van der Waals surface area contributed by atoms with Crippen molar-refractivity contribution < 1.29 is 14.7 Å². The van der Waals surface area contributed by atoms with Crippen molar-refractivity contribution in [3.05, 3.63) is 47.3 Å². The van der Waals surface area contributed by atoms with E-state index in [1.54, 1.807) is 36.8 Å². The van der Waals surface area contributed by atoms with E-state index in [1.807, 2.05) is 11.0 Å². The number of aromatic amines is 1. The number of H-pyrrole nitrogens is 1. The number of nitrogens with one attached hydrogen (secondary N) is 1. The molecule has 6 rings (SSSR count). The van der Waals surface area contributed by atoms with E-state index in [4.69, 9.17) is 16.5 Å². The molecule has 0 aliphatic carbocycles. The second kappa shape index (κ2) is 9.12. The van der Waals surface area contributed by atoms with Gasteiger partial charge in [-0.3, -0.25) is 14.9 Å². The van der Waals surface area contributed by atoms with Gasteiger partial charge in [-0.2, -0.15) is 14.6 Å². The first-order valence-electron chi connectivity index (χ1n) is 12.9. The summed E-state index contributed by atoms with van der Waals surface area (Å²) in [5, 5.41) is 21.2. The van der Waals surface area contributed by atoms with E-state index in [9.17, 15) is 14.7 Å². The molecular formula is C26H30N10O3. The van der Waals surface area contributed by atoms with Gasteiger partial charge in [0.05, 0.1) is 17.6 Å². The van der Waals surface area contributed by atoms with E-state index in [0.717, 1.165) is 35.9 Å². The van der Waals surface area contributed by atoms with Crippen LogP contribution in [-0.4, -0.2) is 69.0 Å². The molecule has 0 saturated carbocycles. The highest BCUT2D eigenvalue weighted by Gasteiger charge is 2.45. The number of hydrogen-bond acceptors (Lipinski definition) is 10. The number of nitrogens with two attached hydrogens (primary N) is 2. The maximum atomic E-state index is 13.2. The second-order valence-corrected chi connectivity index (χ2v) is 10.8. The van der Waals surface area contributed by atoms with Gasteiger partial charge in [0.15, 0.2) is 5.65 Å². The number of anilines is 2. The third-order valence-corrected chi connectivity index (χ3v) is 7.87. The van der Waals surface area contributed by atoms with Crippen molar-refractivity contribution in [2.75, 3.05) is 11.5 Å². The van der Waals surface area contributed by atoms with Gasteiger partial charge in [-0.1, -0.05) is 6.07 Å². The zero-order valence-corrected chi connectivity index (χ0v) is 21.7. The first-order chi connectivity index (χ1) is 18.7. The maximum absolute atomic E-state index is 13.2. The number of carbonyl (C=O) groups excluding carboxylic acids is 2. The summed E-state index contributed by atoms with van der Waals surface area (Å²) in [4.78, 5) is 40.2. The SMILES string of the molecule is CC(C)(O)c1ccc(-c2cnn3c(N)c(CC=O)c(C4C[C@H]5CC[C@@H](C4)N5C(=O)c4nc(N)n[nH]4)nc23)cn1. The fourth-order valence-corrected chi connectivity index (χ4v) is 6.04. The highest BCUT2D eigenvalue weighted by Crippen LogP contribution is 2.45. The Hall–Kier alpha value is -4.39. The molecule has 1 unspecified atom stereocenters. The van der Waals surface area contributed by atoms with Crippen LogP contribution in [0.3, 0.4) is 0 Å². The minimum absolute atomic E-state index is 0.00105. The highest BCUT2D eigenvalue weighted by atomic mass is 16.3. The van der Waals surface area contributed by atoms with Gasteiger partial charge in [-0.25, -0.2) is 4.98 Å². The number of carbonyl (C=O) groups is 2. The molecule has 1 amide bonds. The van der Waals surface area contributed by atoms with Gasteiger partial charge in [-0.15, -0.1) is 5.10 Å². The molecule has 2 fully saturated rings. The van der Waals surface area contributed by atoms with Gasteiger partial charge < -0.3 is 26.3 Å². The van der Waals surface area contributed by atoms with Crippen LogP contribution in [0, 0.1) is 0 Å². The van der Waals surface area contributed by atoms with Crippen LogP contribution in [0.25, 0.3) is 16.8 Å². The molecule has 2 aliphatic heterocycles. The summed E-state index contributed by atoms with van der Waals surface area (Å²) in [5.74, 6) is 0.348. The Morgan fingerprint density at radius 2 is 1.92 bits per heavy atom. The Morgan fingerprint density at radius 1 is 1.18 bits per heavy atom. The van der Waals surface area contributed by atoms with Crippen molar-refractivity contribution in [2.24, 2.45) is 0 Å². The minimum atomic E-state index is -1.06. The van der Waals surface area contributed by atoms with Crippen molar-refractivity contribution in [3.63, 3.8) is 0 Å². The summed E-state index contributed by atoms with van der Waals surface area (Å²) < 4.78 is 1.56. The molecular weight excluding hydrogens is 500 g/mol. The summed E-state index contributed by atoms with van der Waals surface area (Å²) in [5.41, 5.74) is 15.2. The average molecular weight is 531 g/mol. The van der Waals surface area contributed by atoms with Gasteiger partial charge in [0, 0.05) is 47.3 Å². The summed E-state index contributed by atoms with van der Waals surface area (Å²) in [7, 11) is 0. The summed E-state index contributed by atoms with van der Waals surface area (Å²) in [6.07, 6.45) is 7.42. The number of rotatable bonds is 6. The highest BCUT2D eigenvalue weighted by molar-refractivity contribution is 5.91. The molecule has 0 spiro atoms. The number of pyridine rings is 1. The largest absolute Gasteiger partial charge is 0.384 e. The van der Waals surface area contributed by atoms with E-state index >= 15 is 0 Å². The predicted molar refractivity (Wildman–Crippen MR) is 141 cm³/mol. The Morgan fingerprint density at radius 3 is 2.51 bits per heavy atom. The maximum Gasteiger partial charge on any atom is 0.291 e. The molecule has 4 aromatic rings. The van der Waals surface area contributed by atoms with Gasteiger partial charge in [-0.05, 0) is 45.6 Å². The van der Waals surface area contributed by atoms with Gasteiger partial charge in [0.25, 0.3) is 5.91 Å². The summed E-state index contributed by atoms with van der Waals surface area (Å²) in [6, 6.07) is 3.64. The Bertz CT molecular complexity index is 1560. The third-order valence-electron chi connectivity index (χ3n) is 7.87. The van der Waals surface area contributed by atoms with E-state index in [-0.39, 0.29) is 42.1 Å². The van der Waals surface area contributed by atoms with E-state index in [0.29, 0.717) is 35.6 Å². The van der Waals surface area contributed by atoms with Gasteiger partial charge >= 0.3 is 0 Å². The smallest absolute Gasteiger partial charge is 0.291 e. The molecule has 6 heterocycles. The molecule has 3 atom stereocenters. The number of aldehydes is 1. The number of aliphatic hydroxyl groups is 1. The number of nitrogens with zero attached hydrogens (tertiary/aromatic N) is 7. The van der Waals surface area contributed by atoms with E-state index < -0.39 is 5.60 Å². The molecule has 13 heteroatoms. The lowest BCUT2D eigenvalue weighted by molar-refractivity contribution is -0.107. The van der Waals surface area contributed by atoms with Crippen molar-refractivity contribution in [1.82, 2.24) is 39.7 Å². The quantitative estimate of drug-likeness (QED) is 0.266. The monoisotopic (exact) mass is 530 g/mol. The molecule has 2 bridgehead atoms. The molecule has 13 nitrogen and oxygen atoms in total. The molecule has 6 N–H and O–H groups in total. The van der Waals surface area contributed by atoms with Crippen LogP contribution in [0.2, 0.25) is 0 Å². The lowest BCUT2D eigenvalue weighted by atomic mass is 9.85. The summed E-state index contributed by atoms with van der Waals surface area (Å²) >= 11 is 0. The lowest BCUT2D eigenvalue weighted by Crippen LogP contribution is -2.46.